The molecule has 1 aliphatic rings. The van der Waals surface area contributed by atoms with Crippen LogP contribution in [0.1, 0.15) is 31.7 Å². The van der Waals surface area contributed by atoms with Crippen LogP contribution in [0.4, 0.5) is 11.6 Å². The number of nitrogens with one attached hydrogen (secondary N) is 1. The zero-order chi connectivity index (χ0) is 13.7. The summed E-state index contributed by atoms with van der Waals surface area (Å²) < 4.78 is 5.42. The van der Waals surface area contributed by atoms with E-state index in [0.717, 1.165) is 68.7 Å². The van der Waals surface area contributed by atoms with Crippen molar-refractivity contribution in [2.24, 2.45) is 0 Å². The van der Waals surface area contributed by atoms with E-state index in [1.165, 1.54) is 0 Å². The minimum absolute atomic E-state index is 0.781. The van der Waals surface area contributed by atoms with Crippen molar-refractivity contribution in [3.8, 4) is 0 Å². The topological polar surface area (TPSA) is 50.3 Å². The Bertz CT molecular complexity index is 416. The van der Waals surface area contributed by atoms with Gasteiger partial charge in [-0.3, -0.25) is 0 Å². The first-order valence-electron chi connectivity index (χ1n) is 7.20. The van der Waals surface area contributed by atoms with Crippen molar-refractivity contribution in [3.63, 3.8) is 0 Å². The van der Waals surface area contributed by atoms with Crippen molar-refractivity contribution in [1.82, 2.24) is 9.97 Å². The van der Waals surface area contributed by atoms with Crippen molar-refractivity contribution in [3.05, 3.63) is 11.4 Å². The molecule has 0 saturated carbocycles. The number of rotatable bonds is 5. The molecule has 0 amide bonds. The zero-order valence-corrected chi connectivity index (χ0v) is 12.2. The smallest absolute Gasteiger partial charge is 0.137 e. The fraction of sp³-hybridized carbons (Fsp3) is 0.714. The van der Waals surface area contributed by atoms with E-state index in [9.17, 15) is 0 Å². The van der Waals surface area contributed by atoms with Gasteiger partial charge in [0.2, 0.25) is 0 Å². The van der Waals surface area contributed by atoms with E-state index in [4.69, 9.17) is 9.72 Å². The summed E-state index contributed by atoms with van der Waals surface area (Å²) in [6, 6.07) is 0. The third-order valence-corrected chi connectivity index (χ3v) is 3.29. The van der Waals surface area contributed by atoms with E-state index >= 15 is 0 Å². The third kappa shape index (κ3) is 3.35. The summed E-state index contributed by atoms with van der Waals surface area (Å²) in [6.45, 7) is 10.6. The molecule has 19 heavy (non-hydrogen) atoms. The predicted octanol–water partition coefficient (Wildman–Crippen LogP) is 2.01. The molecule has 0 aromatic carbocycles. The molecular weight excluding hydrogens is 240 g/mol. The SMILES string of the molecule is CCCc1nc(NCC)c(C)c(N2CCOCC2)n1. The Morgan fingerprint density at radius 2 is 1.95 bits per heavy atom. The van der Waals surface area contributed by atoms with Crippen molar-refractivity contribution in [1.29, 1.82) is 0 Å². The lowest BCUT2D eigenvalue weighted by atomic mass is 10.2. The van der Waals surface area contributed by atoms with Crippen LogP contribution in [0.3, 0.4) is 0 Å². The van der Waals surface area contributed by atoms with Crippen LogP contribution in [-0.2, 0) is 11.2 Å². The first kappa shape index (κ1) is 14.1. The van der Waals surface area contributed by atoms with E-state index in [1.807, 2.05) is 0 Å². The molecule has 1 aromatic heterocycles. The maximum atomic E-state index is 5.42. The van der Waals surface area contributed by atoms with Crippen LogP contribution in [0.5, 0.6) is 0 Å². The lowest BCUT2D eigenvalue weighted by molar-refractivity contribution is 0.122. The highest BCUT2D eigenvalue weighted by Crippen LogP contribution is 2.24. The Morgan fingerprint density at radius 1 is 1.21 bits per heavy atom. The second-order valence-corrected chi connectivity index (χ2v) is 4.82. The first-order chi connectivity index (χ1) is 9.26. The Labute approximate surface area is 115 Å². The molecular formula is C14H24N4O. The molecule has 0 unspecified atom stereocenters. The molecule has 5 heteroatoms. The van der Waals surface area contributed by atoms with Gasteiger partial charge in [-0.25, -0.2) is 9.97 Å². The van der Waals surface area contributed by atoms with Crippen LogP contribution in [0.2, 0.25) is 0 Å². The van der Waals surface area contributed by atoms with Crippen LogP contribution >= 0.6 is 0 Å². The maximum absolute atomic E-state index is 5.42. The van der Waals surface area contributed by atoms with Gasteiger partial charge in [-0.2, -0.15) is 0 Å². The van der Waals surface area contributed by atoms with Gasteiger partial charge in [0.15, 0.2) is 0 Å². The van der Waals surface area contributed by atoms with Gasteiger partial charge in [0, 0.05) is 31.6 Å². The molecule has 1 N–H and O–H groups in total. The molecule has 0 spiro atoms. The number of hydrogen-bond donors (Lipinski definition) is 1. The molecule has 1 fully saturated rings. The quantitative estimate of drug-likeness (QED) is 0.881. The zero-order valence-electron chi connectivity index (χ0n) is 12.2. The van der Waals surface area contributed by atoms with Gasteiger partial charge < -0.3 is 15.0 Å². The molecule has 106 valence electrons. The molecule has 2 rings (SSSR count). The predicted molar refractivity (Wildman–Crippen MR) is 78.0 cm³/mol. The lowest BCUT2D eigenvalue weighted by Crippen LogP contribution is -2.37. The van der Waals surface area contributed by atoms with E-state index in [-0.39, 0.29) is 0 Å². The monoisotopic (exact) mass is 264 g/mol. The fourth-order valence-corrected chi connectivity index (χ4v) is 2.31. The number of aryl methyl sites for hydroxylation is 1. The minimum Gasteiger partial charge on any atom is -0.378 e. The Balaban J connectivity index is 2.32. The van der Waals surface area contributed by atoms with Crippen LogP contribution in [0, 0.1) is 6.92 Å². The largest absolute Gasteiger partial charge is 0.378 e. The van der Waals surface area contributed by atoms with E-state index < -0.39 is 0 Å². The molecule has 1 aliphatic heterocycles. The van der Waals surface area contributed by atoms with E-state index in [2.05, 4.69) is 36.0 Å². The number of ether oxygens (including phenoxy) is 1. The lowest BCUT2D eigenvalue weighted by Gasteiger charge is -2.29. The molecule has 0 aliphatic carbocycles. The van der Waals surface area contributed by atoms with Crippen molar-refractivity contribution in [2.75, 3.05) is 43.1 Å². The average molecular weight is 264 g/mol. The van der Waals surface area contributed by atoms with Crippen LogP contribution in [-0.4, -0.2) is 42.8 Å². The fourth-order valence-electron chi connectivity index (χ4n) is 2.31. The number of aromatic nitrogens is 2. The summed E-state index contributed by atoms with van der Waals surface area (Å²) in [6.07, 6.45) is 1.99. The molecule has 0 radical (unpaired) electrons. The summed E-state index contributed by atoms with van der Waals surface area (Å²) >= 11 is 0. The summed E-state index contributed by atoms with van der Waals surface area (Å²) in [4.78, 5) is 11.7. The van der Waals surface area contributed by atoms with E-state index in [0.29, 0.717) is 0 Å². The van der Waals surface area contributed by atoms with Gasteiger partial charge in [0.05, 0.1) is 13.2 Å². The summed E-state index contributed by atoms with van der Waals surface area (Å²) in [5.41, 5.74) is 1.14. The Morgan fingerprint density at radius 3 is 2.58 bits per heavy atom. The number of nitrogens with zero attached hydrogens (tertiary/aromatic N) is 3. The van der Waals surface area contributed by atoms with Crippen molar-refractivity contribution >= 4 is 11.6 Å². The third-order valence-electron chi connectivity index (χ3n) is 3.29. The van der Waals surface area contributed by atoms with Crippen molar-refractivity contribution in [2.45, 2.75) is 33.6 Å². The molecule has 1 aromatic rings. The van der Waals surface area contributed by atoms with Crippen LogP contribution in [0.25, 0.3) is 0 Å². The van der Waals surface area contributed by atoms with Gasteiger partial charge in [0.1, 0.15) is 17.5 Å². The van der Waals surface area contributed by atoms with Gasteiger partial charge in [0.25, 0.3) is 0 Å². The number of hydrogen-bond acceptors (Lipinski definition) is 5. The standard InChI is InChI=1S/C14H24N4O/c1-4-6-12-16-13(15-5-2)11(3)14(17-12)18-7-9-19-10-8-18/h4-10H2,1-3H3,(H,15,16,17). The summed E-state index contributed by atoms with van der Waals surface area (Å²) in [5.74, 6) is 2.98. The Kier molecular flexibility index (Phi) is 4.96. The maximum Gasteiger partial charge on any atom is 0.137 e. The van der Waals surface area contributed by atoms with Crippen LogP contribution < -0.4 is 10.2 Å². The number of morpholine rings is 1. The molecule has 2 heterocycles. The highest BCUT2D eigenvalue weighted by Gasteiger charge is 2.18. The summed E-state index contributed by atoms with van der Waals surface area (Å²) in [5, 5.41) is 3.35. The second kappa shape index (κ2) is 6.70. The van der Waals surface area contributed by atoms with Gasteiger partial charge in [-0.05, 0) is 20.3 Å². The van der Waals surface area contributed by atoms with Gasteiger partial charge >= 0.3 is 0 Å². The Hall–Kier alpha value is -1.36. The molecule has 1 saturated heterocycles. The highest BCUT2D eigenvalue weighted by molar-refractivity contribution is 5.58. The van der Waals surface area contributed by atoms with E-state index in [1.54, 1.807) is 0 Å². The highest BCUT2D eigenvalue weighted by atomic mass is 16.5. The molecule has 5 nitrogen and oxygen atoms in total. The normalized spacial score (nSPS) is 15.6. The second-order valence-electron chi connectivity index (χ2n) is 4.82. The minimum atomic E-state index is 0.781. The van der Waals surface area contributed by atoms with Crippen LogP contribution in [0.15, 0.2) is 0 Å². The number of anilines is 2. The van der Waals surface area contributed by atoms with Crippen molar-refractivity contribution < 1.29 is 4.74 Å². The first-order valence-corrected chi connectivity index (χ1v) is 7.20. The average Bonchev–Trinajstić information content (AvgIpc) is 2.44. The molecule has 0 atom stereocenters. The molecule has 0 bridgehead atoms. The van der Waals surface area contributed by atoms with Gasteiger partial charge in [-0.1, -0.05) is 6.92 Å². The summed E-state index contributed by atoms with van der Waals surface area (Å²) in [7, 11) is 0. The van der Waals surface area contributed by atoms with Gasteiger partial charge in [-0.15, -0.1) is 0 Å².